The second-order valence-corrected chi connectivity index (χ2v) is 3.70. The average molecular weight is 245 g/mol. The first kappa shape index (κ1) is 13.7. The minimum Gasteiger partial charge on any atom is -0.493 e. The van der Waals surface area contributed by atoms with Crippen molar-refractivity contribution >= 4 is 0 Å². The molecule has 0 spiro atoms. The maximum Gasteiger partial charge on any atom is 0.387 e. The third-order valence-corrected chi connectivity index (χ3v) is 2.49. The third kappa shape index (κ3) is 3.85. The summed E-state index contributed by atoms with van der Waals surface area (Å²) in [7, 11) is 1.41. The molecule has 0 bridgehead atoms. The number of ether oxygens (including phenoxy) is 2. The molecule has 2 N–H and O–H groups in total. The fourth-order valence-corrected chi connectivity index (χ4v) is 1.53. The van der Waals surface area contributed by atoms with Crippen molar-refractivity contribution in [3.8, 4) is 11.5 Å². The zero-order valence-electron chi connectivity index (χ0n) is 9.95. The van der Waals surface area contributed by atoms with Gasteiger partial charge in [0, 0.05) is 6.04 Å². The van der Waals surface area contributed by atoms with Gasteiger partial charge in [-0.15, -0.1) is 0 Å². The number of para-hydroxylation sites is 1. The molecule has 0 saturated heterocycles. The van der Waals surface area contributed by atoms with Crippen molar-refractivity contribution in [3.05, 3.63) is 23.8 Å². The van der Waals surface area contributed by atoms with Crippen LogP contribution in [0.1, 0.15) is 18.9 Å². The number of alkyl halides is 2. The molecule has 1 aromatic carbocycles. The molecule has 0 aliphatic rings. The van der Waals surface area contributed by atoms with E-state index in [4.69, 9.17) is 10.5 Å². The number of methoxy groups -OCH3 is 1. The summed E-state index contributed by atoms with van der Waals surface area (Å²) in [5.74, 6) is 0.375. The minimum atomic E-state index is -2.87. The predicted molar refractivity (Wildman–Crippen MR) is 61.6 cm³/mol. The van der Waals surface area contributed by atoms with Crippen LogP contribution in [0.3, 0.4) is 0 Å². The molecule has 0 amide bonds. The van der Waals surface area contributed by atoms with Crippen molar-refractivity contribution in [1.29, 1.82) is 0 Å². The van der Waals surface area contributed by atoms with Crippen LogP contribution in [0.25, 0.3) is 0 Å². The van der Waals surface area contributed by atoms with Crippen LogP contribution >= 0.6 is 0 Å². The molecule has 0 aromatic heterocycles. The smallest absolute Gasteiger partial charge is 0.387 e. The first-order valence-electron chi connectivity index (χ1n) is 5.44. The van der Waals surface area contributed by atoms with Crippen LogP contribution in [0.15, 0.2) is 18.2 Å². The molecule has 0 heterocycles. The van der Waals surface area contributed by atoms with Gasteiger partial charge in [0.1, 0.15) is 0 Å². The van der Waals surface area contributed by atoms with Crippen LogP contribution in [-0.2, 0) is 6.42 Å². The molecule has 0 radical (unpaired) electrons. The largest absolute Gasteiger partial charge is 0.493 e. The number of hydrogen-bond donors (Lipinski definition) is 1. The highest BCUT2D eigenvalue weighted by Crippen LogP contribution is 2.33. The molecule has 17 heavy (non-hydrogen) atoms. The van der Waals surface area contributed by atoms with Crippen molar-refractivity contribution in [2.75, 3.05) is 7.11 Å². The maximum atomic E-state index is 12.3. The minimum absolute atomic E-state index is 0.0777. The van der Waals surface area contributed by atoms with E-state index in [0.29, 0.717) is 17.7 Å². The van der Waals surface area contributed by atoms with E-state index in [2.05, 4.69) is 4.74 Å². The van der Waals surface area contributed by atoms with Crippen LogP contribution in [0.4, 0.5) is 8.78 Å². The van der Waals surface area contributed by atoms with Gasteiger partial charge in [-0.3, -0.25) is 0 Å². The molecular formula is C12H17F2NO2. The Bertz CT molecular complexity index is 358. The van der Waals surface area contributed by atoms with Crippen molar-refractivity contribution in [1.82, 2.24) is 0 Å². The summed E-state index contributed by atoms with van der Waals surface area (Å²) >= 11 is 0. The van der Waals surface area contributed by atoms with E-state index in [-0.39, 0.29) is 11.8 Å². The van der Waals surface area contributed by atoms with E-state index in [9.17, 15) is 8.78 Å². The zero-order chi connectivity index (χ0) is 12.8. The van der Waals surface area contributed by atoms with Crippen LogP contribution in [0.2, 0.25) is 0 Å². The second kappa shape index (κ2) is 6.39. The molecule has 0 aliphatic carbocycles. The van der Waals surface area contributed by atoms with Gasteiger partial charge in [0.25, 0.3) is 0 Å². The van der Waals surface area contributed by atoms with Gasteiger partial charge < -0.3 is 15.2 Å². The summed E-state index contributed by atoms with van der Waals surface area (Å²) in [5.41, 5.74) is 6.45. The molecule has 1 rings (SSSR count). The molecule has 0 fully saturated rings. The van der Waals surface area contributed by atoms with Crippen molar-refractivity contribution in [3.63, 3.8) is 0 Å². The zero-order valence-corrected chi connectivity index (χ0v) is 9.95. The van der Waals surface area contributed by atoms with E-state index in [0.717, 1.165) is 6.42 Å². The summed E-state index contributed by atoms with van der Waals surface area (Å²) in [5, 5.41) is 0. The van der Waals surface area contributed by atoms with Gasteiger partial charge in [0.05, 0.1) is 7.11 Å². The predicted octanol–water partition coefficient (Wildman–Crippen LogP) is 2.58. The normalized spacial score (nSPS) is 12.6. The monoisotopic (exact) mass is 245 g/mol. The highest BCUT2D eigenvalue weighted by molar-refractivity contribution is 5.47. The lowest BCUT2D eigenvalue weighted by atomic mass is 10.0. The Morgan fingerprint density at radius 2 is 2.06 bits per heavy atom. The van der Waals surface area contributed by atoms with Crippen LogP contribution in [0, 0.1) is 0 Å². The summed E-state index contributed by atoms with van der Waals surface area (Å²) in [6.07, 6.45) is 1.25. The number of rotatable bonds is 6. The lowest BCUT2D eigenvalue weighted by Crippen LogP contribution is -2.22. The molecule has 3 nitrogen and oxygen atoms in total. The molecule has 1 aromatic rings. The molecule has 5 heteroatoms. The molecular weight excluding hydrogens is 228 g/mol. The molecule has 0 saturated carbocycles. The Kier molecular flexibility index (Phi) is 5.15. The van der Waals surface area contributed by atoms with Gasteiger partial charge in [-0.25, -0.2) is 0 Å². The van der Waals surface area contributed by atoms with Crippen molar-refractivity contribution in [2.24, 2.45) is 5.73 Å². The van der Waals surface area contributed by atoms with Gasteiger partial charge >= 0.3 is 6.61 Å². The number of benzene rings is 1. The lowest BCUT2D eigenvalue weighted by Gasteiger charge is -2.16. The van der Waals surface area contributed by atoms with E-state index >= 15 is 0 Å². The lowest BCUT2D eigenvalue weighted by molar-refractivity contribution is -0.0518. The van der Waals surface area contributed by atoms with Gasteiger partial charge in [0.2, 0.25) is 0 Å². The fourth-order valence-electron chi connectivity index (χ4n) is 1.53. The van der Waals surface area contributed by atoms with Crippen LogP contribution < -0.4 is 15.2 Å². The first-order chi connectivity index (χ1) is 8.08. The SMILES string of the molecule is CCC(N)Cc1cccc(OC)c1OC(F)F. The first-order valence-corrected chi connectivity index (χ1v) is 5.44. The highest BCUT2D eigenvalue weighted by atomic mass is 19.3. The highest BCUT2D eigenvalue weighted by Gasteiger charge is 2.16. The molecule has 1 unspecified atom stereocenters. The second-order valence-electron chi connectivity index (χ2n) is 3.70. The topological polar surface area (TPSA) is 44.5 Å². The Morgan fingerprint density at radius 3 is 2.59 bits per heavy atom. The summed E-state index contributed by atoms with van der Waals surface area (Å²) in [6.45, 7) is -0.929. The van der Waals surface area contributed by atoms with E-state index < -0.39 is 6.61 Å². The average Bonchev–Trinajstić information content (AvgIpc) is 2.30. The van der Waals surface area contributed by atoms with Crippen LogP contribution in [0.5, 0.6) is 11.5 Å². The Morgan fingerprint density at radius 1 is 1.35 bits per heavy atom. The van der Waals surface area contributed by atoms with E-state index in [1.807, 2.05) is 6.92 Å². The fraction of sp³-hybridized carbons (Fsp3) is 0.500. The van der Waals surface area contributed by atoms with Gasteiger partial charge in [-0.1, -0.05) is 19.1 Å². The summed E-state index contributed by atoms with van der Waals surface area (Å²) in [4.78, 5) is 0. The van der Waals surface area contributed by atoms with Crippen molar-refractivity contribution in [2.45, 2.75) is 32.4 Å². The maximum absolute atomic E-state index is 12.3. The molecule has 0 aliphatic heterocycles. The third-order valence-electron chi connectivity index (χ3n) is 2.49. The van der Waals surface area contributed by atoms with E-state index in [1.54, 1.807) is 18.2 Å². The Labute approximate surface area is 99.5 Å². The summed E-state index contributed by atoms with van der Waals surface area (Å²) < 4.78 is 34.2. The standard InChI is InChI=1S/C12H17F2NO2/c1-3-9(15)7-8-5-4-6-10(16-2)11(8)17-12(13)14/h4-6,9,12H,3,7,15H2,1-2H3. The Balaban J connectivity index is 3.01. The van der Waals surface area contributed by atoms with Gasteiger partial charge in [-0.05, 0) is 24.5 Å². The molecule has 96 valence electrons. The number of nitrogens with two attached hydrogens (primary N) is 1. The number of halogens is 2. The number of hydrogen-bond acceptors (Lipinski definition) is 3. The summed E-state index contributed by atoms with van der Waals surface area (Å²) in [6, 6.07) is 4.95. The van der Waals surface area contributed by atoms with Crippen molar-refractivity contribution < 1.29 is 18.3 Å². The quantitative estimate of drug-likeness (QED) is 0.837. The van der Waals surface area contributed by atoms with Gasteiger partial charge in [0.15, 0.2) is 11.5 Å². The van der Waals surface area contributed by atoms with Crippen LogP contribution in [-0.4, -0.2) is 19.8 Å². The van der Waals surface area contributed by atoms with E-state index in [1.165, 1.54) is 7.11 Å². The molecule has 1 atom stereocenters. The Hall–Kier alpha value is -1.36. The van der Waals surface area contributed by atoms with Gasteiger partial charge in [-0.2, -0.15) is 8.78 Å².